The van der Waals surface area contributed by atoms with Crippen molar-refractivity contribution in [1.82, 2.24) is 4.98 Å². The lowest BCUT2D eigenvalue weighted by Gasteiger charge is -2.07. The fourth-order valence-corrected chi connectivity index (χ4v) is 1.42. The largest absolute Gasteiger partial charge is 0.432 e. The summed E-state index contributed by atoms with van der Waals surface area (Å²) in [5, 5.41) is 16.3. The van der Waals surface area contributed by atoms with Gasteiger partial charge in [0.15, 0.2) is 5.11 Å². The molecule has 0 saturated carbocycles. The predicted octanol–water partition coefficient (Wildman–Crippen LogP) is 2.39. The Bertz CT molecular complexity index is 553. The standard InChI is InChI=1S/C10H8N4O3S/c15-14(16)8-3-1-7(2-4-8)12-10(18)13-9-11-5-6-17-9/h1-6H,(H2,11,12,13,18). The van der Waals surface area contributed by atoms with Gasteiger partial charge in [-0.25, -0.2) is 4.98 Å². The van der Waals surface area contributed by atoms with E-state index in [9.17, 15) is 10.1 Å². The van der Waals surface area contributed by atoms with Crippen LogP contribution in [0.4, 0.5) is 17.4 Å². The van der Waals surface area contributed by atoms with E-state index in [1.54, 1.807) is 12.1 Å². The normalized spacial score (nSPS) is 9.78. The first-order valence-corrected chi connectivity index (χ1v) is 5.28. The number of thiocarbonyl (C=S) groups is 1. The van der Waals surface area contributed by atoms with Gasteiger partial charge >= 0.3 is 6.01 Å². The first kappa shape index (κ1) is 12.0. The van der Waals surface area contributed by atoms with E-state index >= 15 is 0 Å². The van der Waals surface area contributed by atoms with Crippen molar-refractivity contribution in [1.29, 1.82) is 0 Å². The number of rotatable bonds is 3. The van der Waals surface area contributed by atoms with Crippen LogP contribution in [0, 0.1) is 10.1 Å². The lowest BCUT2D eigenvalue weighted by Crippen LogP contribution is -2.19. The van der Waals surface area contributed by atoms with Gasteiger partial charge in [-0.3, -0.25) is 15.4 Å². The summed E-state index contributed by atoms with van der Waals surface area (Å²) in [4.78, 5) is 13.8. The fraction of sp³-hybridized carbons (Fsp3) is 0. The topological polar surface area (TPSA) is 93.2 Å². The van der Waals surface area contributed by atoms with Gasteiger partial charge in [-0.2, -0.15) is 0 Å². The predicted molar refractivity (Wildman–Crippen MR) is 69.4 cm³/mol. The van der Waals surface area contributed by atoms with Crippen LogP contribution in [0.1, 0.15) is 0 Å². The summed E-state index contributed by atoms with van der Waals surface area (Å²) in [5.74, 6) is 0. The highest BCUT2D eigenvalue weighted by Crippen LogP contribution is 2.15. The number of benzene rings is 1. The third-order valence-electron chi connectivity index (χ3n) is 1.99. The lowest BCUT2D eigenvalue weighted by atomic mass is 10.3. The van der Waals surface area contributed by atoms with E-state index in [2.05, 4.69) is 15.6 Å². The molecule has 0 unspecified atom stereocenters. The van der Waals surface area contributed by atoms with E-state index in [1.165, 1.54) is 24.6 Å². The third kappa shape index (κ3) is 3.01. The second-order valence-electron chi connectivity index (χ2n) is 3.22. The Morgan fingerprint density at radius 2 is 2.06 bits per heavy atom. The molecule has 1 aromatic carbocycles. The number of non-ortho nitro benzene ring substituents is 1. The Morgan fingerprint density at radius 3 is 2.61 bits per heavy atom. The molecule has 0 fully saturated rings. The number of nitro groups is 1. The molecule has 0 aliphatic rings. The molecule has 92 valence electrons. The molecule has 0 aliphatic carbocycles. The molecule has 0 radical (unpaired) electrons. The Labute approximate surface area is 107 Å². The van der Waals surface area contributed by atoms with Gasteiger partial charge < -0.3 is 9.73 Å². The number of anilines is 2. The van der Waals surface area contributed by atoms with E-state index in [4.69, 9.17) is 16.6 Å². The van der Waals surface area contributed by atoms with Gasteiger partial charge in [0.2, 0.25) is 0 Å². The molecule has 1 aromatic heterocycles. The number of hydrogen-bond donors (Lipinski definition) is 2. The SMILES string of the molecule is O=[N+]([O-])c1ccc(NC(=S)Nc2ncco2)cc1. The highest BCUT2D eigenvalue weighted by molar-refractivity contribution is 7.80. The number of nitrogens with zero attached hydrogens (tertiary/aromatic N) is 2. The van der Waals surface area contributed by atoms with Crippen molar-refractivity contribution >= 4 is 34.7 Å². The van der Waals surface area contributed by atoms with Gasteiger partial charge in [0.25, 0.3) is 5.69 Å². The molecular weight excluding hydrogens is 256 g/mol. The Morgan fingerprint density at radius 1 is 1.33 bits per heavy atom. The molecule has 0 amide bonds. The molecule has 7 nitrogen and oxygen atoms in total. The summed E-state index contributed by atoms with van der Waals surface area (Å²) in [7, 11) is 0. The molecule has 2 N–H and O–H groups in total. The summed E-state index contributed by atoms with van der Waals surface area (Å²) in [6.45, 7) is 0. The van der Waals surface area contributed by atoms with Crippen LogP contribution >= 0.6 is 12.2 Å². The molecular formula is C10H8N4O3S. The molecule has 2 aromatic rings. The van der Waals surface area contributed by atoms with Gasteiger partial charge in [0, 0.05) is 17.8 Å². The smallest absolute Gasteiger partial charge is 0.300 e. The van der Waals surface area contributed by atoms with Crippen molar-refractivity contribution < 1.29 is 9.34 Å². The van der Waals surface area contributed by atoms with Crippen molar-refractivity contribution in [2.45, 2.75) is 0 Å². The van der Waals surface area contributed by atoms with Gasteiger partial charge in [0.05, 0.1) is 11.1 Å². The second-order valence-corrected chi connectivity index (χ2v) is 3.63. The maximum atomic E-state index is 10.5. The summed E-state index contributed by atoms with van der Waals surface area (Å²) in [6.07, 6.45) is 2.90. The maximum Gasteiger partial charge on any atom is 0.300 e. The van der Waals surface area contributed by atoms with Crippen molar-refractivity contribution in [3.63, 3.8) is 0 Å². The molecule has 2 rings (SSSR count). The van der Waals surface area contributed by atoms with Crippen LogP contribution in [-0.4, -0.2) is 15.0 Å². The quantitative estimate of drug-likeness (QED) is 0.499. The van der Waals surface area contributed by atoms with E-state index in [0.29, 0.717) is 5.69 Å². The minimum Gasteiger partial charge on any atom is -0.432 e. The molecule has 0 bridgehead atoms. The van der Waals surface area contributed by atoms with Crippen LogP contribution < -0.4 is 10.6 Å². The molecule has 0 spiro atoms. The molecule has 0 atom stereocenters. The second kappa shape index (κ2) is 5.23. The van der Waals surface area contributed by atoms with E-state index in [0.717, 1.165) is 0 Å². The van der Waals surface area contributed by atoms with Gasteiger partial charge in [0.1, 0.15) is 6.26 Å². The first-order valence-electron chi connectivity index (χ1n) is 4.87. The zero-order valence-corrected chi connectivity index (χ0v) is 9.81. The number of aromatic nitrogens is 1. The Hall–Kier alpha value is -2.48. The minimum absolute atomic E-state index is 0.0205. The maximum absolute atomic E-state index is 10.5. The Balaban J connectivity index is 1.97. The highest BCUT2D eigenvalue weighted by Gasteiger charge is 2.05. The first-order chi connectivity index (χ1) is 8.65. The zero-order valence-electron chi connectivity index (χ0n) is 8.99. The summed E-state index contributed by atoms with van der Waals surface area (Å²) < 4.78 is 4.95. The summed E-state index contributed by atoms with van der Waals surface area (Å²) in [5.41, 5.74) is 0.650. The van der Waals surface area contributed by atoms with Gasteiger partial charge in [-0.15, -0.1) is 0 Å². The van der Waals surface area contributed by atoms with Gasteiger partial charge in [-0.05, 0) is 24.4 Å². The monoisotopic (exact) mass is 264 g/mol. The Kier molecular flexibility index (Phi) is 3.49. The van der Waals surface area contributed by atoms with Gasteiger partial charge in [-0.1, -0.05) is 0 Å². The molecule has 0 aliphatic heterocycles. The fourth-order valence-electron chi connectivity index (χ4n) is 1.21. The van der Waals surface area contributed by atoms with Crippen molar-refractivity contribution in [3.05, 3.63) is 46.8 Å². The van der Waals surface area contributed by atoms with E-state index in [-0.39, 0.29) is 16.8 Å². The van der Waals surface area contributed by atoms with Crippen LogP contribution in [0.15, 0.2) is 41.1 Å². The van der Waals surface area contributed by atoms with Crippen molar-refractivity contribution in [2.75, 3.05) is 10.6 Å². The van der Waals surface area contributed by atoms with Crippen molar-refractivity contribution in [3.8, 4) is 0 Å². The number of oxazole rings is 1. The average molecular weight is 264 g/mol. The summed E-state index contributed by atoms with van der Waals surface area (Å²) in [6, 6.07) is 6.16. The van der Waals surface area contributed by atoms with E-state index < -0.39 is 4.92 Å². The number of nitrogens with one attached hydrogen (secondary N) is 2. The average Bonchev–Trinajstić information content (AvgIpc) is 2.82. The minimum atomic E-state index is -0.465. The van der Waals surface area contributed by atoms with Crippen LogP contribution in [0.5, 0.6) is 0 Å². The highest BCUT2D eigenvalue weighted by atomic mass is 32.1. The van der Waals surface area contributed by atoms with Crippen LogP contribution in [0.25, 0.3) is 0 Å². The van der Waals surface area contributed by atoms with E-state index in [1.807, 2.05) is 0 Å². The zero-order chi connectivity index (χ0) is 13.0. The molecule has 1 heterocycles. The number of hydrogen-bond acceptors (Lipinski definition) is 5. The van der Waals surface area contributed by atoms with Crippen molar-refractivity contribution in [2.24, 2.45) is 0 Å². The van der Waals surface area contributed by atoms with Crippen LogP contribution in [0.3, 0.4) is 0 Å². The molecule has 0 saturated heterocycles. The molecule has 8 heteroatoms. The third-order valence-corrected chi connectivity index (χ3v) is 2.19. The molecule has 18 heavy (non-hydrogen) atoms. The van der Waals surface area contributed by atoms with Crippen LogP contribution in [0.2, 0.25) is 0 Å². The van der Waals surface area contributed by atoms with Crippen LogP contribution in [-0.2, 0) is 0 Å². The lowest BCUT2D eigenvalue weighted by molar-refractivity contribution is -0.384. The summed E-state index contributed by atoms with van der Waals surface area (Å²) >= 11 is 5.01. The number of nitro benzene ring substituents is 1.